The molecule has 2 saturated heterocycles. The van der Waals surface area contributed by atoms with E-state index in [2.05, 4.69) is 15.9 Å². The van der Waals surface area contributed by atoms with Crippen molar-refractivity contribution in [3.8, 4) is 6.07 Å². The van der Waals surface area contributed by atoms with Gasteiger partial charge in [0.1, 0.15) is 0 Å². The van der Waals surface area contributed by atoms with E-state index in [9.17, 15) is 14.9 Å². The third-order valence-electron chi connectivity index (χ3n) is 8.62. The molecule has 8 nitrogen and oxygen atoms in total. The van der Waals surface area contributed by atoms with Gasteiger partial charge in [0, 0.05) is 37.2 Å². The summed E-state index contributed by atoms with van der Waals surface area (Å²) in [7, 11) is 0. The van der Waals surface area contributed by atoms with E-state index < -0.39 is 5.91 Å². The van der Waals surface area contributed by atoms with Gasteiger partial charge in [-0.15, -0.1) is 0 Å². The summed E-state index contributed by atoms with van der Waals surface area (Å²) in [6.07, 6.45) is 2.99. The Morgan fingerprint density at radius 3 is 2.47 bits per heavy atom. The van der Waals surface area contributed by atoms with Crippen LogP contribution in [0.2, 0.25) is 10.0 Å². The quantitative estimate of drug-likeness (QED) is 0.345. The molecule has 2 aliphatic rings. The number of amides is 2. The fraction of sp³-hybridized carbons (Fsp3) is 0.424. The second-order valence-electron chi connectivity index (χ2n) is 11.4. The highest BCUT2D eigenvalue weighted by Gasteiger charge is 2.28. The SMILES string of the molecule is N#Cc1cc(C(=O)N(CC(N)=O)C[C@@H](CCN2CCC(N3CCOCC3)CC2)c2ccc(Cl)c(Cl)c2)c2ccccc2c1. The highest BCUT2D eigenvalue weighted by Crippen LogP contribution is 2.31. The van der Waals surface area contributed by atoms with Crippen molar-refractivity contribution in [2.24, 2.45) is 5.73 Å². The average molecular weight is 623 g/mol. The molecule has 0 aromatic heterocycles. The number of nitrogens with zero attached hydrogens (tertiary/aromatic N) is 4. The van der Waals surface area contributed by atoms with Gasteiger partial charge in [-0.3, -0.25) is 14.5 Å². The lowest BCUT2D eigenvalue weighted by atomic mass is 9.93. The Labute approximate surface area is 262 Å². The fourth-order valence-corrected chi connectivity index (χ4v) is 6.62. The zero-order valence-electron chi connectivity index (χ0n) is 24.2. The van der Waals surface area contributed by atoms with E-state index in [0.717, 1.165) is 81.5 Å². The minimum atomic E-state index is -0.604. The van der Waals surface area contributed by atoms with Crippen molar-refractivity contribution >= 4 is 45.8 Å². The Balaban J connectivity index is 1.36. The highest BCUT2D eigenvalue weighted by molar-refractivity contribution is 6.42. The monoisotopic (exact) mass is 621 g/mol. The van der Waals surface area contributed by atoms with Gasteiger partial charge >= 0.3 is 0 Å². The summed E-state index contributed by atoms with van der Waals surface area (Å²) in [6, 6.07) is 19.1. The zero-order chi connectivity index (χ0) is 30.3. The summed E-state index contributed by atoms with van der Waals surface area (Å²) in [5, 5.41) is 12.0. The number of morpholine rings is 1. The highest BCUT2D eigenvalue weighted by atomic mass is 35.5. The lowest BCUT2D eigenvalue weighted by Crippen LogP contribution is -2.49. The summed E-state index contributed by atoms with van der Waals surface area (Å²) >= 11 is 12.7. The molecule has 0 radical (unpaired) electrons. The van der Waals surface area contributed by atoms with Crippen LogP contribution >= 0.6 is 23.2 Å². The summed E-state index contributed by atoms with van der Waals surface area (Å²) in [5.41, 5.74) is 7.35. The number of carbonyl (C=O) groups is 2. The smallest absolute Gasteiger partial charge is 0.255 e. The van der Waals surface area contributed by atoms with Crippen molar-refractivity contribution in [1.82, 2.24) is 14.7 Å². The first kappa shape index (κ1) is 31.2. The van der Waals surface area contributed by atoms with Gasteiger partial charge < -0.3 is 20.3 Å². The van der Waals surface area contributed by atoms with Crippen LogP contribution in [0.3, 0.4) is 0 Å². The summed E-state index contributed by atoms with van der Waals surface area (Å²) in [5.74, 6) is -1.07. The summed E-state index contributed by atoms with van der Waals surface area (Å²) in [6.45, 7) is 6.49. The van der Waals surface area contributed by atoms with Crippen LogP contribution in [0.1, 0.15) is 46.7 Å². The van der Waals surface area contributed by atoms with Crippen LogP contribution in [0.4, 0.5) is 0 Å². The van der Waals surface area contributed by atoms with Crippen molar-refractivity contribution in [3.63, 3.8) is 0 Å². The van der Waals surface area contributed by atoms with E-state index in [1.54, 1.807) is 18.2 Å². The van der Waals surface area contributed by atoms with Crippen molar-refractivity contribution in [1.29, 1.82) is 5.26 Å². The molecular formula is C33H37Cl2N5O3. The lowest BCUT2D eigenvalue weighted by Gasteiger charge is -2.40. The number of primary amides is 1. The Bertz CT molecular complexity index is 1500. The molecule has 1 atom stereocenters. The molecule has 3 aromatic carbocycles. The first-order valence-electron chi connectivity index (χ1n) is 14.8. The second kappa shape index (κ2) is 14.5. The summed E-state index contributed by atoms with van der Waals surface area (Å²) in [4.78, 5) is 32.8. The van der Waals surface area contributed by atoms with Crippen LogP contribution in [0.25, 0.3) is 10.8 Å². The number of fused-ring (bicyclic) bond motifs is 1. The zero-order valence-corrected chi connectivity index (χ0v) is 25.7. The number of benzene rings is 3. The number of carbonyl (C=O) groups excluding carboxylic acids is 2. The molecule has 0 saturated carbocycles. The predicted molar refractivity (Wildman–Crippen MR) is 169 cm³/mol. The van der Waals surface area contributed by atoms with E-state index in [1.807, 2.05) is 36.4 Å². The molecule has 2 heterocycles. The van der Waals surface area contributed by atoms with Crippen molar-refractivity contribution in [2.75, 3.05) is 59.0 Å². The summed E-state index contributed by atoms with van der Waals surface area (Å²) < 4.78 is 5.53. The molecule has 0 unspecified atom stereocenters. The normalized spacial score (nSPS) is 17.4. The first-order chi connectivity index (χ1) is 20.8. The van der Waals surface area contributed by atoms with Gasteiger partial charge in [0.2, 0.25) is 5.91 Å². The third kappa shape index (κ3) is 7.86. The van der Waals surface area contributed by atoms with E-state index >= 15 is 0 Å². The number of ether oxygens (including phenoxy) is 1. The van der Waals surface area contributed by atoms with Gasteiger partial charge in [-0.25, -0.2) is 0 Å². The van der Waals surface area contributed by atoms with Gasteiger partial charge in [0.25, 0.3) is 5.91 Å². The number of likely N-dealkylation sites (tertiary alicyclic amines) is 1. The average Bonchev–Trinajstić information content (AvgIpc) is 3.03. The standard InChI is InChI=1S/C33H37Cl2N5O3/c34-30-6-5-24(19-31(30)35)26(7-10-38-11-8-27(9-12-38)39-13-15-43-16-14-39)21-40(22-32(37)41)33(42)29-18-23(20-36)17-25-3-1-2-4-28(25)29/h1-6,17-19,26-27H,7-16,21-22H2,(H2,37,41)/t26-/m1/s1. The van der Waals surface area contributed by atoms with Crippen LogP contribution < -0.4 is 5.73 Å². The van der Waals surface area contributed by atoms with Gasteiger partial charge in [-0.2, -0.15) is 5.26 Å². The maximum absolute atomic E-state index is 14.1. The molecule has 0 bridgehead atoms. The van der Waals surface area contributed by atoms with Crippen LogP contribution in [-0.4, -0.2) is 91.6 Å². The molecule has 2 N–H and O–H groups in total. The van der Waals surface area contributed by atoms with Gasteiger partial charge in [-0.05, 0) is 79.5 Å². The minimum absolute atomic E-state index is 0.125. The second-order valence-corrected chi connectivity index (χ2v) is 12.2. The molecule has 3 aromatic rings. The first-order valence-corrected chi connectivity index (χ1v) is 15.6. The Kier molecular flexibility index (Phi) is 10.6. The minimum Gasteiger partial charge on any atom is -0.379 e. The number of rotatable bonds is 10. The van der Waals surface area contributed by atoms with E-state index in [1.165, 1.54) is 4.90 Å². The number of hydrogen-bond acceptors (Lipinski definition) is 6. The molecule has 0 spiro atoms. The molecular weight excluding hydrogens is 585 g/mol. The lowest BCUT2D eigenvalue weighted by molar-refractivity contribution is -0.118. The van der Waals surface area contributed by atoms with Crippen LogP contribution in [-0.2, 0) is 9.53 Å². The topological polar surface area (TPSA) is 103 Å². The number of piperidine rings is 1. The van der Waals surface area contributed by atoms with Crippen LogP contribution in [0.15, 0.2) is 54.6 Å². The molecule has 226 valence electrons. The van der Waals surface area contributed by atoms with Crippen molar-refractivity contribution in [2.45, 2.75) is 31.2 Å². The molecule has 2 amide bonds. The number of halogens is 2. The maximum atomic E-state index is 14.1. The molecule has 43 heavy (non-hydrogen) atoms. The van der Waals surface area contributed by atoms with Crippen LogP contribution in [0, 0.1) is 11.3 Å². The maximum Gasteiger partial charge on any atom is 0.255 e. The van der Waals surface area contributed by atoms with E-state index in [4.69, 9.17) is 33.7 Å². The van der Waals surface area contributed by atoms with Crippen molar-refractivity contribution in [3.05, 3.63) is 81.3 Å². The van der Waals surface area contributed by atoms with Gasteiger partial charge in [-0.1, -0.05) is 53.5 Å². The number of hydrogen-bond donors (Lipinski definition) is 1. The fourth-order valence-electron chi connectivity index (χ4n) is 6.31. The third-order valence-corrected chi connectivity index (χ3v) is 9.36. The largest absolute Gasteiger partial charge is 0.379 e. The number of nitriles is 1. The predicted octanol–water partition coefficient (Wildman–Crippen LogP) is 4.92. The molecule has 10 heteroatoms. The Morgan fingerprint density at radius 1 is 1.02 bits per heavy atom. The molecule has 0 aliphatic carbocycles. The van der Waals surface area contributed by atoms with E-state index in [0.29, 0.717) is 27.2 Å². The molecule has 5 rings (SSSR count). The van der Waals surface area contributed by atoms with Crippen molar-refractivity contribution < 1.29 is 14.3 Å². The number of nitrogens with two attached hydrogens (primary N) is 1. The Hall–Kier alpha value is -3.19. The van der Waals surface area contributed by atoms with Gasteiger partial charge in [0.05, 0.1) is 41.4 Å². The molecule has 2 aliphatic heterocycles. The molecule has 2 fully saturated rings. The Morgan fingerprint density at radius 2 is 1.77 bits per heavy atom. The van der Waals surface area contributed by atoms with E-state index in [-0.39, 0.29) is 24.9 Å². The van der Waals surface area contributed by atoms with Gasteiger partial charge in [0.15, 0.2) is 0 Å². The van der Waals surface area contributed by atoms with Crippen LogP contribution in [0.5, 0.6) is 0 Å².